The zero-order chi connectivity index (χ0) is 18.0. The van der Waals surface area contributed by atoms with Gasteiger partial charge in [-0.15, -0.1) is 0 Å². The van der Waals surface area contributed by atoms with E-state index >= 15 is 0 Å². The number of anilines is 2. The van der Waals surface area contributed by atoms with Gasteiger partial charge >= 0.3 is 0 Å². The standard InChI is InChI=1S/C19H17N3O3/c1-11-14(5-4-6-15(11)23)22-17-12(9-20)10-21-18-13(17)7-8-16(24-2)19(18)25-3/h4-8,10,23H,1-3H3,(H,21,22). The van der Waals surface area contributed by atoms with Gasteiger partial charge in [0.1, 0.15) is 17.3 Å². The van der Waals surface area contributed by atoms with Crippen molar-refractivity contribution < 1.29 is 14.6 Å². The molecule has 0 radical (unpaired) electrons. The van der Waals surface area contributed by atoms with E-state index in [1.165, 1.54) is 6.20 Å². The highest BCUT2D eigenvalue weighted by atomic mass is 16.5. The first kappa shape index (κ1) is 16.4. The highest BCUT2D eigenvalue weighted by Gasteiger charge is 2.16. The fourth-order valence-electron chi connectivity index (χ4n) is 2.69. The Balaban J connectivity index is 2.26. The number of hydrogen-bond donors (Lipinski definition) is 2. The molecule has 0 aliphatic heterocycles. The summed E-state index contributed by atoms with van der Waals surface area (Å²) in [6, 6.07) is 10.9. The lowest BCUT2D eigenvalue weighted by Crippen LogP contribution is -2.00. The Morgan fingerprint density at radius 3 is 2.64 bits per heavy atom. The molecule has 2 N–H and O–H groups in total. The van der Waals surface area contributed by atoms with Gasteiger partial charge in [-0.25, -0.2) is 0 Å². The largest absolute Gasteiger partial charge is 0.508 e. The molecule has 6 nitrogen and oxygen atoms in total. The molecular formula is C19H17N3O3. The van der Waals surface area contributed by atoms with E-state index in [1.807, 2.05) is 12.1 Å². The van der Waals surface area contributed by atoms with Crippen molar-refractivity contribution in [3.63, 3.8) is 0 Å². The third kappa shape index (κ3) is 2.76. The van der Waals surface area contributed by atoms with Crippen LogP contribution in [0.15, 0.2) is 36.5 Å². The van der Waals surface area contributed by atoms with Crippen LogP contribution in [-0.2, 0) is 0 Å². The Labute approximate surface area is 145 Å². The van der Waals surface area contributed by atoms with Crippen molar-refractivity contribution in [2.75, 3.05) is 19.5 Å². The number of fused-ring (bicyclic) bond motifs is 1. The van der Waals surface area contributed by atoms with E-state index in [-0.39, 0.29) is 5.75 Å². The summed E-state index contributed by atoms with van der Waals surface area (Å²) >= 11 is 0. The van der Waals surface area contributed by atoms with Crippen molar-refractivity contribution in [1.29, 1.82) is 5.26 Å². The Kier molecular flexibility index (Phi) is 4.31. The molecule has 0 aliphatic carbocycles. The van der Waals surface area contributed by atoms with E-state index in [1.54, 1.807) is 39.3 Å². The van der Waals surface area contributed by atoms with Crippen LogP contribution in [0.3, 0.4) is 0 Å². The summed E-state index contributed by atoms with van der Waals surface area (Å²) in [5.74, 6) is 1.24. The van der Waals surface area contributed by atoms with E-state index in [0.29, 0.717) is 39.5 Å². The molecular weight excluding hydrogens is 318 g/mol. The molecule has 1 aromatic heterocycles. The summed E-state index contributed by atoms with van der Waals surface area (Å²) in [6.07, 6.45) is 1.49. The normalized spacial score (nSPS) is 10.3. The second kappa shape index (κ2) is 6.57. The predicted octanol–water partition coefficient (Wildman–Crippen LogP) is 3.88. The number of phenolic OH excluding ortho intramolecular Hbond substituents is 1. The van der Waals surface area contributed by atoms with Gasteiger partial charge in [0.25, 0.3) is 0 Å². The maximum absolute atomic E-state index is 9.91. The number of rotatable bonds is 4. The number of pyridine rings is 1. The minimum atomic E-state index is 0.182. The maximum Gasteiger partial charge on any atom is 0.187 e. The molecule has 0 fully saturated rings. The molecule has 1 heterocycles. The number of nitriles is 1. The third-order valence-corrected chi connectivity index (χ3v) is 4.07. The summed E-state index contributed by atoms with van der Waals surface area (Å²) in [4.78, 5) is 4.36. The van der Waals surface area contributed by atoms with Crippen molar-refractivity contribution in [2.45, 2.75) is 6.92 Å². The number of benzene rings is 2. The van der Waals surface area contributed by atoms with Gasteiger partial charge in [0, 0.05) is 22.8 Å². The van der Waals surface area contributed by atoms with Crippen LogP contribution < -0.4 is 14.8 Å². The number of nitrogens with one attached hydrogen (secondary N) is 1. The third-order valence-electron chi connectivity index (χ3n) is 4.07. The van der Waals surface area contributed by atoms with Gasteiger partial charge in [-0.3, -0.25) is 4.98 Å². The second-order valence-corrected chi connectivity index (χ2v) is 5.43. The first-order valence-corrected chi connectivity index (χ1v) is 7.60. The number of hydrogen-bond acceptors (Lipinski definition) is 6. The fraction of sp³-hybridized carbons (Fsp3) is 0.158. The first-order valence-electron chi connectivity index (χ1n) is 7.60. The molecule has 0 saturated carbocycles. The van der Waals surface area contributed by atoms with Crippen molar-refractivity contribution in [1.82, 2.24) is 4.98 Å². The average molecular weight is 335 g/mol. The van der Waals surface area contributed by atoms with Gasteiger partial charge in [0.05, 0.1) is 25.5 Å². The number of nitrogens with zero attached hydrogens (tertiary/aromatic N) is 2. The summed E-state index contributed by atoms with van der Waals surface area (Å²) in [5, 5.41) is 23.4. The molecule has 0 unspecified atom stereocenters. The van der Waals surface area contributed by atoms with Crippen LogP contribution in [0.5, 0.6) is 17.2 Å². The fourth-order valence-corrected chi connectivity index (χ4v) is 2.69. The van der Waals surface area contributed by atoms with Crippen LogP contribution in [-0.4, -0.2) is 24.3 Å². The van der Waals surface area contributed by atoms with E-state index in [4.69, 9.17) is 9.47 Å². The predicted molar refractivity (Wildman–Crippen MR) is 95.7 cm³/mol. The van der Waals surface area contributed by atoms with Crippen LogP contribution >= 0.6 is 0 Å². The van der Waals surface area contributed by atoms with Crippen LogP contribution in [0.25, 0.3) is 10.9 Å². The van der Waals surface area contributed by atoms with Crippen LogP contribution in [0.4, 0.5) is 11.4 Å². The number of methoxy groups -OCH3 is 2. The van der Waals surface area contributed by atoms with Gasteiger partial charge in [0.15, 0.2) is 11.5 Å². The first-order chi connectivity index (χ1) is 12.1. The Morgan fingerprint density at radius 1 is 1.16 bits per heavy atom. The van der Waals surface area contributed by atoms with Crippen molar-refractivity contribution >= 4 is 22.3 Å². The number of ether oxygens (including phenoxy) is 2. The molecule has 25 heavy (non-hydrogen) atoms. The Bertz CT molecular complexity index is 993. The zero-order valence-electron chi connectivity index (χ0n) is 14.1. The molecule has 2 aromatic carbocycles. The minimum Gasteiger partial charge on any atom is -0.508 e. The smallest absolute Gasteiger partial charge is 0.187 e. The van der Waals surface area contributed by atoms with Gasteiger partial charge < -0.3 is 19.9 Å². The van der Waals surface area contributed by atoms with Crippen LogP contribution in [0.2, 0.25) is 0 Å². The van der Waals surface area contributed by atoms with E-state index in [2.05, 4.69) is 16.4 Å². The van der Waals surface area contributed by atoms with Crippen LogP contribution in [0, 0.1) is 18.3 Å². The van der Waals surface area contributed by atoms with Crippen molar-refractivity contribution in [3.8, 4) is 23.3 Å². The molecule has 0 atom stereocenters. The Morgan fingerprint density at radius 2 is 1.96 bits per heavy atom. The average Bonchev–Trinajstić information content (AvgIpc) is 2.64. The molecule has 3 aromatic rings. The van der Waals surface area contributed by atoms with Crippen molar-refractivity contribution in [3.05, 3.63) is 47.7 Å². The van der Waals surface area contributed by atoms with Crippen molar-refractivity contribution in [2.24, 2.45) is 0 Å². The summed E-state index contributed by atoms with van der Waals surface area (Å²) < 4.78 is 10.7. The van der Waals surface area contributed by atoms with Gasteiger partial charge in [-0.1, -0.05) is 6.07 Å². The molecule has 0 amide bonds. The summed E-state index contributed by atoms with van der Waals surface area (Å²) in [6.45, 7) is 1.80. The van der Waals surface area contributed by atoms with E-state index < -0.39 is 0 Å². The number of phenols is 1. The number of aromatic hydroxyl groups is 1. The van der Waals surface area contributed by atoms with Gasteiger partial charge in [-0.2, -0.15) is 5.26 Å². The summed E-state index contributed by atoms with van der Waals surface area (Å²) in [7, 11) is 3.10. The maximum atomic E-state index is 9.91. The molecule has 0 saturated heterocycles. The second-order valence-electron chi connectivity index (χ2n) is 5.43. The van der Waals surface area contributed by atoms with Gasteiger partial charge in [-0.05, 0) is 31.2 Å². The molecule has 0 aliphatic rings. The zero-order valence-corrected chi connectivity index (χ0v) is 14.1. The summed E-state index contributed by atoms with van der Waals surface area (Å²) in [5.41, 5.74) is 2.97. The molecule has 6 heteroatoms. The SMILES string of the molecule is COc1ccc2c(Nc3cccc(O)c3C)c(C#N)cnc2c1OC. The minimum absolute atomic E-state index is 0.182. The lowest BCUT2D eigenvalue weighted by atomic mass is 10.1. The molecule has 126 valence electrons. The molecule has 3 rings (SSSR count). The van der Waals surface area contributed by atoms with E-state index in [9.17, 15) is 10.4 Å². The number of aromatic nitrogens is 1. The van der Waals surface area contributed by atoms with E-state index in [0.717, 1.165) is 5.39 Å². The monoisotopic (exact) mass is 335 g/mol. The topological polar surface area (TPSA) is 87.4 Å². The molecule has 0 spiro atoms. The quantitative estimate of drug-likeness (QED) is 0.752. The lowest BCUT2D eigenvalue weighted by Gasteiger charge is -2.16. The molecule has 0 bridgehead atoms. The lowest BCUT2D eigenvalue weighted by molar-refractivity contribution is 0.358. The van der Waals surface area contributed by atoms with Gasteiger partial charge in [0.2, 0.25) is 0 Å². The highest BCUT2D eigenvalue weighted by Crippen LogP contribution is 2.39. The van der Waals surface area contributed by atoms with Crippen LogP contribution in [0.1, 0.15) is 11.1 Å². The highest BCUT2D eigenvalue weighted by molar-refractivity contribution is 6.00. The Hall–Kier alpha value is -3.46.